The first-order chi connectivity index (χ1) is 9.04. The van der Waals surface area contributed by atoms with Gasteiger partial charge in [0.05, 0.1) is 5.69 Å². The van der Waals surface area contributed by atoms with Gasteiger partial charge in [0.1, 0.15) is 6.04 Å². The number of benzene rings is 1. The molecule has 4 nitrogen and oxygen atoms in total. The summed E-state index contributed by atoms with van der Waals surface area (Å²) in [6.07, 6.45) is 3.97. The van der Waals surface area contributed by atoms with Crippen LogP contribution in [0.1, 0.15) is 24.4 Å². The minimum Gasteiger partial charge on any atom is -0.374 e. The molecule has 0 saturated carbocycles. The predicted molar refractivity (Wildman–Crippen MR) is 82.4 cm³/mol. The normalized spacial score (nSPS) is 17.0. The Kier molecular flexibility index (Phi) is 4.27. The molecule has 0 aliphatic carbocycles. The summed E-state index contributed by atoms with van der Waals surface area (Å²) in [5.74, 6) is -0.145. The quantitative estimate of drug-likeness (QED) is 0.647. The zero-order valence-corrected chi connectivity index (χ0v) is 12.5. The van der Waals surface area contributed by atoms with Crippen molar-refractivity contribution in [3.8, 4) is 0 Å². The summed E-state index contributed by atoms with van der Waals surface area (Å²) in [6.45, 7) is 4.66. The molecular weight excluding hydrogens is 306 g/mol. The average molecular weight is 324 g/mol. The number of halogens is 1. The summed E-state index contributed by atoms with van der Waals surface area (Å²) in [5.41, 5.74) is 8.54. The van der Waals surface area contributed by atoms with Crippen LogP contribution in [-0.4, -0.2) is 19.5 Å². The van der Waals surface area contributed by atoms with E-state index in [-0.39, 0.29) is 5.91 Å². The molecule has 1 aliphatic heterocycles. The smallest absolute Gasteiger partial charge is 0.245 e. The number of carbonyl (C=O) groups excluding carboxylic acids is 1. The van der Waals surface area contributed by atoms with Crippen molar-refractivity contribution >= 4 is 33.2 Å². The molecule has 1 atom stereocenters. The van der Waals surface area contributed by atoms with Crippen LogP contribution in [0.3, 0.4) is 0 Å². The van der Waals surface area contributed by atoms with Crippen LogP contribution >= 0.6 is 15.9 Å². The Hall–Kier alpha value is -1.33. The number of nitrogens with zero attached hydrogens (tertiary/aromatic N) is 1. The molecule has 2 rings (SSSR count). The van der Waals surface area contributed by atoms with Crippen molar-refractivity contribution in [2.24, 2.45) is 5.73 Å². The Morgan fingerprint density at radius 2 is 2.32 bits per heavy atom. The van der Waals surface area contributed by atoms with Gasteiger partial charge in [-0.2, -0.15) is 0 Å². The lowest BCUT2D eigenvalue weighted by molar-refractivity contribution is -0.116. The van der Waals surface area contributed by atoms with Gasteiger partial charge in [-0.05, 0) is 40.9 Å². The van der Waals surface area contributed by atoms with Crippen molar-refractivity contribution in [1.82, 2.24) is 0 Å². The number of carbonyl (C=O) groups is 1. The Morgan fingerprint density at radius 3 is 3.00 bits per heavy atom. The van der Waals surface area contributed by atoms with E-state index in [1.54, 1.807) is 0 Å². The van der Waals surface area contributed by atoms with Crippen LogP contribution in [-0.2, 0) is 4.79 Å². The third-order valence-corrected chi connectivity index (χ3v) is 3.94. The minimum atomic E-state index is -0.563. The number of hydrogen-bond donors (Lipinski definition) is 2. The molecule has 0 fully saturated rings. The van der Waals surface area contributed by atoms with E-state index in [0.717, 1.165) is 40.8 Å². The number of hydrogen-bond acceptors (Lipinski definition) is 3. The molecule has 1 unspecified atom stereocenters. The average Bonchev–Trinajstić information content (AvgIpc) is 2.65. The Labute approximate surface area is 121 Å². The van der Waals surface area contributed by atoms with Gasteiger partial charge in [0.25, 0.3) is 0 Å². The molecular formula is C14H18BrN3O. The highest BCUT2D eigenvalue weighted by molar-refractivity contribution is 9.10. The molecule has 1 aromatic rings. The van der Waals surface area contributed by atoms with E-state index in [0.29, 0.717) is 0 Å². The maximum atomic E-state index is 11.6. The third kappa shape index (κ3) is 2.82. The zero-order chi connectivity index (χ0) is 14.0. The number of nitrogens with two attached hydrogens (primary N) is 1. The molecule has 1 aliphatic rings. The molecule has 1 amide bonds. The number of unbranched alkanes of at least 4 members (excludes halogenated alkanes) is 1. The Morgan fingerprint density at radius 1 is 1.58 bits per heavy atom. The van der Waals surface area contributed by atoms with Gasteiger partial charge < -0.3 is 16.0 Å². The maximum absolute atomic E-state index is 11.6. The number of rotatable bonds is 5. The zero-order valence-electron chi connectivity index (χ0n) is 10.9. The van der Waals surface area contributed by atoms with E-state index in [1.807, 2.05) is 25.3 Å². The van der Waals surface area contributed by atoms with Crippen LogP contribution < -0.4 is 16.0 Å². The summed E-state index contributed by atoms with van der Waals surface area (Å²) < 4.78 is 0.958. The highest BCUT2D eigenvalue weighted by Crippen LogP contribution is 2.37. The maximum Gasteiger partial charge on any atom is 0.245 e. The van der Waals surface area contributed by atoms with E-state index in [1.165, 1.54) is 0 Å². The molecule has 0 aromatic heterocycles. The molecule has 0 radical (unpaired) electrons. The van der Waals surface area contributed by atoms with Gasteiger partial charge in [-0.3, -0.25) is 4.79 Å². The van der Waals surface area contributed by atoms with Crippen LogP contribution in [0.25, 0.3) is 0 Å². The standard InChI is InChI=1S/C14H18BrN3O/c1-3-4-5-6-18(2)12-8-11-9(7-10(12)15)13(16)14(19)17-11/h3,7-8,13H,1,4-6,16H2,2H3,(H,17,19). The fraction of sp³-hybridized carbons (Fsp3) is 0.357. The van der Waals surface area contributed by atoms with Crippen molar-refractivity contribution in [3.05, 3.63) is 34.8 Å². The van der Waals surface area contributed by atoms with Crippen molar-refractivity contribution in [1.29, 1.82) is 0 Å². The van der Waals surface area contributed by atoms with Crippen molar-refractivity contribution in [3.63, 3.8) is 0 Å². The molecule has 1 heterocycles. The fourth-order valence-corrected chi connectivity index (χ4v) is 2.84. The second kappa shape index (κ2) is 5.75. The topological polar surface area (TPSA) is 58.4 Å². The van der Waals surface area contributed by atoms with Crippen molar-refractivity contribution < 1.29 is 4.79 Å². The third-order valence-electron chi connectivity index (χ3n) is 3.31. The second-order valence-electron chi connectivity index (χ2n) is 4.71. The van der Waals surface area contributed by atoms with Gasteiger partial charge in [0.15, 0.2) is 0 Å². The molecule has 3 N–H and O–H groups in total. The monoisotopic (exact) mass is 323 g/mol. The lowest BCUT2D eigenvalue weighted by Crippen LogP contribution is -2.19. The number of amides is 1. The van der Waals surface area contributed by atoms with E-state index in [4.69, 9.17) is 5.73 Å². The van der Waals surface area contributed by atoms with Crippen LogP contribution in [0.4, 0.5) is 11.4 Å². The van der Waals surface area contributed by atoms with Gasteiger partial charge in [-0.15, -0.1) is 6.58 Å². The molecule has 102 valence electrons. The van der Waals surface area contributed by atoms with Crippen LogP contribution in [0.2, 0.25) is 0 Å². The fourth-order valence-electron chi connectivity index (χ4n) is 2.18. The number of anilines is 2. The van der Waals surface area contributed by atoms with Gasteiger partial charge in [-0.25, -0.2) is 0 Å². The Bertz CT molecular complexity index is 516. The SMILES string of the molecule is C=CCCCN(C)c1cc2c(cc1Br)C(N)C(=O)N2. The first-order valence-corrected chi connectivity index (χ1v) is 7.06. The molecule has 1 aromatic carbocycles. The highest BCUT2D eigenvalue weighted by Gasteiger charge is 2.28. The van der Waals surface area contributed by atoms with Crippen LogP contribution in [0.15, 0.2) is 29.3 Å². The molecule has 0 bridgehead atoms. The van der Waals surface area contributed by atoms with Gasteiger partial charge in [0, 0.05) is 29.3 Å². The van der Waals surface area contributed by atoms with Crippen LogP contribution in [0.5, 0.6) is 0 Å². The lowest BCUT2D eigenvalue weighted by atomic mass is 10.1. The molecule has 0 saturated heterocycles. The van der Waals surface area contributed by atoms with Gasteiger partial charge in [-0.1, -0.05) is 6.08 Å². The highest BCUT2D eigenvalue weighted by atomic mass is 79.9. The molecule has 0 spiro atoms. The summed E-state index contributed by atoms with van der Waals surface area (Å²) in [6, 6.07) is 3.33. The van der Waals surface area contributed by atoms with Gasteiger partial charge >= 0.3 is 0 Å². The molecule has 19 heavy (non-hydrogen) atoms. The number of nitrogens with one attached hydrogen (secondary N) is 1. The predicted octanol–water partition coefficient (Wildman–Crippen LogP) is 2.80. The lowest BCUT2D eigenvalue weighted by Gasteiger charge is -2.21. The molecule has 5 heteroatoms. The van der Waals surface area contributed by atoms with Crippen LogP contribution in [0, 0.1) is 0 Å². The summed E-state index contributed by atoms with van der Waals surface area (Å²) in [4.78, 5) is 13.7. The number of fused-ring (bicyclic) bond motifs is 1. The number of allylic oxidation sites excluding steroid dienone is 1. The minimum absolute atomic E-state index is 0.145. The van der Waals surface area contributed by atoms with E-state index in [2.05, 4.69) is 32.7 Å². The van der Waals surface area contributed by atoms with E-state index in [9.17, 15) is 4.79 Å². The first kappa shape index (κ1) is 14.1. The summed E-state index contributed by atoms with van der Waals surface area (Å²) in [5, 5.41) is 2.81. The Balaban J connectivity index is 2.21. The van der Waals surface area contributed by atoms with E-state index < -0.39 is 6.04 Å². The van der Waals surface area contributed by atoms with E-state index >= 15 is 0 Å². The summed E-state index contributed by atoms with van der Waals surface area (Å²) >= 11 is 3.55. The van der Waals surface area contributed by atoms with Gasteiger partial charge in [0.2, 0.25) is 5.91 Å². The first-order valence-electron chi connectivity index (χ1n) is 6.26. The largest absolute Gasteiger partial charge is 0.374 e. The van der Waals surface area contributed by atoms with Crippen molar-refractivity contribution in [2.75, 3.05) is 23.8 Å². The van der Waals surface area contributed by atoms with Crippen molar-refractivity contribution in [2.45, 2.75) is 18.9 Å². The summed E-state index contributed by atoms with van der Waals surface area (Å²) in [7, 11) is 2.03. The second-order valence-corrected chi connectivity index (χ2v) is 5.56.